The number of benzene rings is 1. The molecule has 0 aliphatic rings. The molecule has 0 unspecified atom stereocenters. The van der Waals surface area contributed by atoms with Gasteiger partial charge in [-0.3, -0.25) is 18.7 Å². The zero-order valence-electron chi connectivity index (χ0n) is 17.5. The van der Waals surface area contributed by atoms with Gasteiger partial charge in [0.05, 0.1) is 22.8 Å². The summed E-state index contributed by atoms with van der Waals surface area (Å²) in [5.74, 6) is -0.644. The van der Waals surface area contributed by atoms with Gasteiger partial charge in [0.15, 0.2) is 4.96 Å². The predicted octanol–water partition coefficient (Wildman–Crippen LogP) is 3.36. The number of anilines is 1. The van der Waals surface area contributed by atoms with Crippen LogP contribution in [0.2, 0.25) is 0 Å². The number of hydrogen-bond acceptors (Lipinski definition) is 5. The topological polar surface area (TPSA) is 97.1 Å². The maximum Gasteiger partial charge on any atom is 0.295 e. The second-order valence-corrected chi connectivity index (χ2v) is 8.35. The van der Waals surface area contributed by atoms with Crippen molar-refractivity contribution in [1.82, 2.24) is 18.7 Å². The van der Waals surface area contributed by atoms with E-state index in [-0.39, 0.29) is 16.8 Å². The number of amides is 1. The lowest BCUT2D eigenvalue weighted by Gasteiger charge is -2.07. The number of hydrogen-bond donors (Lipinski definition) is 1. The number of fused-ring (bicyclic) bond motifs is 1. The van der Waals surface area contributed by atoms with Crippen molar-refractivity contribution in [2.45, 2.75) is 20.8 Å². The van der Waals surface area contributed by atoms with E-state index in [4.69, 9.17) is 0 Å². The summed E-state index contributed by atoms with van der Waals surface area (Å²) >= 11 is 1.53. The monoisotopic (exact) mass is 432 g/mol. The third-order valence-electron chi connectivity index (χ3n) is 5.10. The van der Waals surface area contributed by atoms with Gasteiger partial charge in [-0.25, -0.2) is 9.67 Å². The summed E-state index contributed by atoms with van der Waals surface area (Å²) in [5, 5.41) is 12.3. The Kier molecular flexibility index (Phi) is 5.09. The van der Waals surface area contributed by atoms with Crippen LogP contribution < -0.4 is 10.9 Å². The molecule has 0 radical (unpaired) electrons. The quantitative estimate of drug-likeness (QED) is 0.395. The van der Waals surface area contributed by atoms with Crippen LogP contribution in [0.3, 0.4) is 0 Å². The zero-order chi connectivity index (χ0) is 22.3. The SMILES string of the molecule is Cc1cn2c(/C=C(\C#N)C(=O)Nc3c(C)n(C)n(-c4ccccc4)c3=O)c(C)nc2s1. The molecule has 3 heterocycles. The van der Waals surface area contributed by atoms with E-state index in [9.17, 15) is 14.9 Å². The molecule has 8 nitrogen and oxygen atoms in total. The molecule has 0 bridgehead atoms. The van der Waals surface area contributed by atoms with Crippen molar-refractivity contribution in [2.24, 2.45) is 7.05 Å². The number of aryl methyl sites for hydroxylation is 2. The first-order chi connectivity index (χ1) is 14.8. The molecule has 4 aromatic rings. The summed E-state index contributed by atoms with van der Waals surface area (Å²) in [6.07, 6.45) is 3.42. The summed E-state index contributed by atoms with van der Waals surface area (Å²) in [6.45, 7) is 5.54. The highest BCUT2D eigenvalue weighted by Gasteiger charge is 2.21. The van der Waals surface area contributed by atoms with Gasteiger partial charge >= 0.3 is 0 Å². The lowest BCUT2D eigenvalue weighted by molar-refractivity contribution is -0.112. The average molecular weight is 433 g/mol. The Morgan fingerprint density at radius 2 is 1.94 bits per heavy atom. The molecule has 0 aliphatic carbocycles. The van der Waals surface area contributed by atoms with E-state index in [1.54, 1.807) is 18.7 Å². The fraction of sp³-hybridized carbons (Fsp3) is 0.182. The summed E-state index contributed by atoms with van der Waals surface area (Å²) in [4.78, 5) is 32.3. The molecule has 156 valence electrons. The zero-order valence-corrected chi connectivity index (χ0v) is 18.3. The predicted molar refractivity (Wildman–Crippen MR) is 121 cm³/mol. The number of rotatable bonds is 4. The Morgan fingerprint density at radius 3 is 2.61 bits per heavy atom. The second kappa shape index (κ2) is 7.74. The van der Waals surface area contributed by atoms with E-state index in [2.05, 4.69) is 10.3 Å². The minimum atomic E-state index is -0.644. The van der Waals surface area contributed by atoms with Crippen molar-refractivity contribution >= 4 is 34.0 Å². The van der Waals surface area contributed by atoms with Gasteiger partial charge in [-0.1, -0.05) is 18.2 Å². The third-order valence-corrected chi connectivity index (χ3v) is 6.00. The van der Waals surface area contributed by atoms with Crippen LogP contribution in [0.25, 0.3) is 16.7 Å². The molecule has 0 atom stereocenters. The maximum atomic E-state index is 13.0. The number of nitrogens with one attached hydrogen (secondary N) is 1. The molecule has 0 aliphatic heterocycles. The third kappa shape index (κ3) is 3.47. The standard InChI is InChI=1S/C22H20N6O2S/c1-13-12-27-18(14(2)24-22(27)31-13)10-16(11-23)20(29)25-19-15(3)26(4)28(21(19)30)17-8-6-5-7-9-17/h5-10,12H,1-4H3,(H,25,29)/b16-10+. The molecule has 31 heavy (non-hydrogen) atoms. The number of aromatic nitrogens is 4. The first-order valence-electron chi connectivity index (χ1n) is 9.54. The van der Waals surface area contributed by atoms with Crippen molar-refractivity contribution in [3.05, 3.63) is 74.4 Å². The van der Waals surface area contributed by atoms with Gasteiger partial charge < -0.3 is 5.32 Å². The molecule has 4 rings (SSSR count). The highest BCUT2D eigenvalue weighted by molar-refractivity contribution is 7.17. The second-order valence-electron chi connectivity index (χ2n) is 7.14. The molecule has 0 spiro atoms. The Bertz CT molecular complexity index is 1440. The van der Waals surface area contributed by atoms with Gasteiger partial charge in [0.25, 0.3) is 11.5 Å². The van der Waals surface area contributed by atoms with E-state index >= 15 is 0 Å². The number of nitriles is 1. The van der Waals surface area contributed by atoms with Gasteiger partial charge in [0.1, 0.15) is 17.3 Å². The molecule has 3 aromatic heterocycles. The number of para-hydroxylation sites is 1. The van der Waals surface area contributed by atoms with Crippen molar-refractivity contribution in [1.29, 1.82) is 5.26 Å². The molecule has 0 saturated heterocycles. The first kappa shape index (κ1) is 20.4. The van der Waals surface area contributed by atoms with Crippen molar-refractivity contribution in [3.63, 3.8) is 0 Å². The fourth-order valence-electron chi connectivity index (χ4n) is 3.43. The first-order valence-corrected chi connectivity index (χ1v) is 10.4. The maximum absolute atomic E-state index is 13.0. The van der Waals surface area contributed by atoms with E-state index in [1.807, 2.05) is 60.8 Å². The molecule has 1 N–H and O–H groups in total. The van der Waals surface area contributed by atoms with Crippen molar-refractivity contribution in [2.75, 3.05) is 5.32 Å². The minimum Gasteiger partial charge on any atom is -0.315 e. The molecular formula is C22H20N6O2S. The van der Waals surface area contributed by atoms with Crippen LogP contribution in [-0.4, -0.2) is 24.7 Å². The number of carbonyl (C=O) groups excluding carboxylic acids is 1. The molecule has 1 aromatic carbocycles. The number of imidazole rings is 1. The Morgan fingerprint density at radius 1 is 1.23 bits per heavy atom. The van der Waals surface area contributed by atoms with Crippen LogP contribution in [0.1, 0.15) is 22.0 Å². The van der Waals surface area contributed by atoms with Gasteiger partial charge in [0.2, 0.25) is 0 Å². The van der Waals surface area contributed by atoms with Crippen LogP contribution in [0.4, 0.5) is 5.69 Å². The van der Waals surface area contributed by atoms with Crippen LogP contribution in [0.5, 0.6) is 0 Å². The largest absolute Gasteiger partial charge is 0.315 e. The molecule has 9 heteroatoms. The minimum absolute atomic E-state index is 0.109. The lowest BCUT2D eigenvalue weighted by atomic mass is 10.2. The summed E-state index contributed by atoms with van der Waals surface area (Å²) in [7, 11) is 1.74. The van der Waals surface area contributed by atoms with E-state index < -0.39 is 5.91 Å². The van der Waals surface area contributed by atoms with Gasteiger partial charge in [-0.15, -0.1) is 11.3 Å². The summed E-state index contributed by atoms with van der Waals surface area (Å²) in [6, 6.07) is 11.1. The van der Waals surface area contributed by atoms with E-state index in [0.717, 1.165) is 9.84 Å². The smallest absolute Gasteiger partial charge is 0.295 e. The molecule has 0 saturated carbocycles. The number of thiazole rings is 1. The Hall–Kier alpha value is -3.90. The Balaban J connectivity index is 1.72. The highest BCUT2D eigenvalue weighted by Crippen LogP contribution is 2.23. The van der Waals surface area contributed by atoms with Crippen molar-refractivity contribution < 1.29 is 4.79 Å². The van der Waals surface area contributed by atoms with Gasteiger partial charge in [0, 0.05) is 18.1 Å². The molecule has 1 amide bonds. The fourth-order valence-corrected chi connectivity index (χ4v) is 4.31. The van der Waals surface area contributed by atoms with Crippen LogP contribution in [0, 0.1) is 32.1 Å². The van der Waals surface area contributed by atoms with Crippen LogP contribution >= 0.6 is 11.3 Å². The summed E-state index contributed by atoms with van der Waals surface area (Å²) < 4.78 is 5.00. The number of nitrogens with zero attached hydrogens (tertiary/aromatic N) is 5. The van der Waals surface area contributed by atoms with Gasteiger partial charge in [-0.2, -0.15) is 5.26 Å². The van der Waals surface area contributed by atoms with Crippen LogP contribution in [0.15, 0.2) is 46.9 Å². The Labute approximate surface area is 182 Å². The lowest BCUT2D eigenvalue weighted by Crippen LogP contribution is -2.23. The molecule has 0 fully saturated rings. The van der Waals surface area contributed by atoms with Gasteiger partial charge in [-0.05, 0) is 39.0 Å². The van der Waals surface area contributed by atoms with E-state index in [0.29, 0.717) is 22.8 Å². The number of carbonyl (C=O) groups is 1. The van der Waals surface area contributed by atoms with Crippen molar-refractivity contribution in [3.8, 4) is 11.8 Å². The average Bonchev–Trinajstić information content (AvgIpc) is 3.31. The van der Waals surface area contributed by atoms with Crippen LogP contribution in [-0.2, 0) is 11.8 Å². The van der Waals surface area contributed by atoms with E-state index in [1.165, 1.54) is 22.1 Å². The highest BCUT2D eigenvalue weighted by atomic mass is 32.1. The normalized spacial score (nSPS) is 11.6. The summed E-state index contributed by atoms with van der Waals surface area (Å²) in [5.41, 5.74) is 2.30. The molecular weight excluding hydrogens is 412 g/mol.